The first-order valence-corrected chi connectivity index (χ1v) is 10.3. The Labute approximate surface area is 194 Å². The van der Waals surface area contributed by atoms with Crippen molar-refractivity contribution < 1.29 is 28.0 Å². The maximum atomic E-state index is 13.0. The van der Waals surface area contributed by atoms with Crippen LogP contribution >= 0.6 is 0 Å². The summed E-state index contributed by atoms with van der Waals surface area (Å²) in [7, 11) is 1.52. The van der Waals surface area contributed by atoms with Gasteiger partial charge in [-0.15, -0.1) is 0 Å². The van der Waals surface area contributed by atoms with E-state index in [2.05, 4.69) is 15.5 Å². The minimum Gasteiger partial charge on any atom is -0.495 e. The van der Waals surface area contributed by atoms with Gasteiger partial charge in [0, 0.05) is 11.1 Å². The zero-order valence-corrected chi connectivity index (χ0v) is 18.2. The molecule has 34 heavy (non-hydrogen) atoms. The summed E-state index contributed by atoms with van der Waals surface area (Å²) in [4.78, 5) is 28.9. The number of benzene rings is 3. The number of halogens is 1. The highest BCUT2D eigenvalue weighted by Gasteiger charge is 2.14. The Kier molecular flexibility index (Phi) is 6.92. The summed E-state index contributed by atoms with van der Waals surface area (Å²) in [5, 5.41) is 6.54. The average molecular weight is 461 g/mol. The van der Waals surface area contributed by atoms with E-state index >= 15 is 0 Å². The van der Waals surface area contributed by atoms with Gasteiger partial charge in [-0.05, 0) is 60.7 Å². The Morgan fingerprint density at radius 2 is 1.65 bits per heavy atom. The molecule has 1 aromatic heterocycles. The predicted molar refractivity (Wildman–Crippen MR) is 120 cm³/mol. The number of para-hydroxylation sites is 2. The van der Waals surface area contributed by atoms with Gasteiger partial charge in [0.15, 0.2) is 18.2 Å². The molecule has 0 radical (unpaired) electrons. The number of anilines is 1. The minimum absolute atomic E-state index is 0.00756. The van der Waals surface area contributed by atoms with Crippen molar-refractivity contribution in [3.05, 3.63) is 101 Å². The monoisotopic (exact) mass is 461 g/mol. The van der Waals surface area contributed by atoms with E-state index in [1.54, 1.807) is 48.5 Å². The van der Waals surface area contributed by atoms with Gasteiger partial charge in [-0.25, -0.2) is 4.39 Å². The molecule has 4 aromatic rings. The molecule has 0 aliphatic carbocycles. The summed E-state index contributed by atoms with van der Waals surface area (Å²) in [5.74, 6) is 0.505. The molecule has 0 fully saturated rings. The number of nitrogens with zero attached hydrogens (tertiary/aromatic N) is 2. The van der Waals surface area contributed by atoms with Gasteiger partial charge in [0.25, 0.3) is 5.89 Å². The maximum Gasteiger partial charge on any atom is 0.264 e. The van der Waals surface area contributed by atoms with Crippen LogP contribution in [0.2, 0.25) is 0 Å². The van der Waals surface area contributed by atoms with Gasteiger partial charge in [0.2, 0.25) is 5.91 Å². The van der Waals surface area contributed by atoms with Crippen molar-refractivity contribution in [2.24, 2.45) is 0 Å². The molecule has 172 valence electrons. The molecule has 9 heteroatoms. The molecule has 0 saturated carbocycles. The Hall–Kier alpha value is -4.53. The first-order valence-electron chi connectivity index (χ1n) is 10.3. The third kappa shape index (κ3) is 5.63. The number of hydrogen-bond acceptors (Lipinski definition) is 7. The predicted octanol–water partition coefficient (Wildman–Crippen LogP) is 4.21. The van der Waals surface area contributed by atoms with E-state index in [1.807, 2.05) is 0 Å². The summed E-state index contributed by atoms with van der Waals surface area (Å²) in [5.41, 5.74) is 1.38. The molecule has 0 bridgehead atoms. The van der Waals surface area contributed by atoms with Gasteiger partial charge in [0.05, 0.1) is 19.2 Å². The molecule has 8 nitrogen and oxygen atoms in total. The van der Waals surface area contributed by atoms with Crippen molar-refractivity contribution in [1.82, 2.24) is 10.1 Å². The van der Waals surface area contributed by atoms with Crippen molar-refractivity contribution in [3.63, 3.8) is 0 Å². The number of carbonyl (C=O) groups is 2. The normalized spacial score (nSPS) is 10.5. The smallest absolute Gasteiger partial charge is 0.264 e. The molecule has 1 amide bonds. The molecule has 0 atom stereocenters. The highest BCUT2D eigenvalue weighted by Crippen LogP contribution is 2.23. The Morgan fingerprint density at radius 3 is 2.35 bits per heavy atom. The number of rotatable bonds is 9. The first kappa shape index (κ1) is 22.7. The molecule has 1 heterocycles. The molecule has 4 rings (SSSR count). The summed E-state index contributed by atoms with van der Waals surface area (Å²) in [6.07, 6.45) is -0.0816. The topological polar surface area (TPSA) is 104 Å². The van der Waals surface area contributed by atoms with Crippen molar-refractivity contribution >= 4 is 17.4 Å². The maximum absolute atomic E-state index is 13.0. The second-order valence-corrected chi connectivity index (χ2v) is 7.18. The molecule has 1 N–H and O–H groups in total. The van der Waals surface area contributed by atoms with Gasteiger partial charge >= 0.3 is 0 Å². The van der Waals surface area contributed by atoms with Gasteiger partial charge < -0.3 is 19.3 Å². The summed E-state index contributed by atoms with van der Waals surface area (Å²) in [6.45, 7) is -0.00756. The number of ketones is 1. The van der Waals surface area contributed by atoms with Crippen LogP contribution in [0.3, 0.4) is 0 Å². The van der Waals surface area contributed by atoms with Gasteiger partial charge in [-0.2, -0.15) is 4.98 Å². The van der Waals surface area contributed by atoms with Crippen LogP contribution in [0.5, 0.6) is 11.5 Å². The number of methoxy groups -OCH3 is 1. The lowest BCUT2D eigenvalue weighted by atomic mass is 10.0. The molecular formula is C25H20FN3O5. The first-order chi connectivity index (χ1) is 16.5. The molecule has 3 aromatic carbocycles. The number of hydrogen-bond donors (Lipinski definition) is 1. The SMILES string of the molecule is COc1ccccc1NC(=O)Cc1noc(COc2ccc(C(=O)c3ccc(F)cc3)cc2)n1. The fourth-order valence-electron chi connectivity index (χ4n) is 3.12. The van der Waals surface area contributed by atoms with Crippen LogP contribution in [0.15, 0.2) is 77.3 Å². The molecular weight excluding hydrogens is 441 g/mol. The van der Waals surface area contributed by atoms with E-state index in [-0.39, 0.29) is 36.4 Å². The summed E-state index contributed by atoms with van der Waals surface area (Å²) in [6, 6.07) is 18.9. The fourth-order valence-corrected chi connectivity index (χ4v) is 3.12. The van der Waals surface area contributed by atoms with E-state index in [0.29, 0.717) is 28.3 Å². The van der Waals surface area contributed by atoms with Crippen LogP contribution in [0.25, 0.3) is 0 Å². The van der Waals surface area contributed by atoms with Crippen LogP contribution in [0.4, 0.5) is 10.1 Å². The van der Waals surface area contributed by atoms with Crippen molar-refractivity contribution in [2.45, 2.75) is 13.0 Å². The highest BCUT2D eigenvalue weighted by molar-refractivity contribution is 6.09. The number of carbonyl (C=O) groups excluding carboxylic acids is 2. The second-order valence-electron chi connectivity index (χ2n) is 7.18. The van der Waals surface area contributed by atoms with Crippen LogP contribution in [-0.2, 0) is 17.8 Å². The number of nitrogens with one attached hydrogen (secondary N) is 1. The lowest BCUT2D eigenvalue weighted by molar-refractivity contribution is -0.115. The third-order valence-electron chi connectivity index (χ3n) is 4.80. The van der Waals surface area contributed by atoms with Gasteiger partial charge in [0.1, 0.15) is 17.3 Å². The highest BCUT2D eigenvalue weighted by atomic mass is 19.1. The molecule has 0 spiro atoms. The second kappa shape index (κ2) is 10.4. The van der Waals surface area contributed by atoms with Crippen LogP contribution in [-0.4, -0.2) is 28.9 Å². The largest absolute Gasteiger partial charge is 0.495 e. The van der Waals surface area contributed by atoms with Crippen LogP contribution in [0.1, 0.15) is 27.6 Å². The quantitative estimate of drug-likeness (QED) is 0.373. The van der Waals surface area contributed by atoms with E-state index in [4.69, 9.17) is 14.0 Å². The Balaban J connectivity index is 1.30. The van der Waals surface area contributed by atoms with Crippen molar-refractivity contribution in [3.8, 4) is 11.5 Å². The van der Waals surface area contributed by atoms with E-state index < -0.39 is 5.82 Å². The number of ether oxygens (including phenoxy) is 2. The molecule has 0 aliphatic heterocycles. The number of amides is 1. The third-order valence-corrected chi connectivity index (χ3v) is 4.80. The molecule has 0 unspecified atom stereocenters. The zero-order chi connectivity index (χ0) is 23.9. The van der Waals surface area contributed by atoms with Crippen LogP contribution in [0, 0.1) is 5.82 Å². The van der Waals surface area contributed by atoms with Gasteiger partial charge in [-0.1, -0.05) is 17.3 Å². The van der Waals surface area contributed by atoms with Gasteiger partial charge in [-0.3, -0.25) is 9.59 Å². The summed E-state index contributed by atoms with van der Waals surface area (Å²) < 4.78 is 29.0. The summed E-state index contributed by atoms with van der Waals surface area (Å²) >= 11 is 0. The van der Waals surface area contributed by atoms with E-state index in [9.17, 15) is 14.0 Å². The lowest BCUT2D eigenvalue weighted by Gasteiger charge is -2.08. The average Bonchev–Trinajstić information content (AvgIpc) is 3.30. The van der Waals surface area contributed by atoms with Crippen LogP contribution < -0.4 is 14.8 Å². The Morgan fingerprint density at radius 1 is 0.971 bits per heavy atom. The Bertz CT molecular complexity index is 1290. The zero-order valence-electron chi connectivity index (χ0n) is 18.2. The minimum atomic E-state index is -0.401. The standard InChI is InChI=1S/C25H20FN3O5/c1-32-21-5-3-2-4-20(21)27-23(30)14-22-28-24(34-29-22)15-33-19-12-8-17(9-13-19)25(31)16-6-10-18(26)11-7-16/h2-13H,14-15H2,1H3,(H,27,30). The fraction of sp³-hybridized carbons (Fsp3) is 0.120. The number of aromatic nitrogens is 2. The lowest BCUT2D eigenvalue weighted by Crippen LogP contribution is -2.15. The van der Waals surface area contributed by atoms with Crippen molar-refractivity contribution in [1.29, 1.82) is 0 Å². The van der Waals surface area contributed by atoms with E-state index in [1.165, 1.54) is 31.4 Å². The van der Waals surface area contributed by atoms with E-state index in [0.717, 1.165) is 0 Å². The molecule has 0 aliphatic rings. The molecule has 0 saturated heterocycles. The van der Waals surface area contributed by atoms with Crippen molar-refractivity contribution in [2.75, 3.05) is 12.4 Å².